The highest BCUT2D eigenvalue weighted by atomic mass is 16.5. The Hall–Kier alpha value is -1.10. The van der Waals surface area contributed by atoms with Gasteiger partial charge >= 0.3 is 5.97 Å². The minimum atomic E-state index is -0.813. The highest BCUT2D eigenvalue weighted by molar-refractivity contribution is 5.80. The number of carbonyl (C=O) groups is 2. The second-order valence-electron chi connectivity index (χ2n) is 5.02. The average Bonchev–Trinajstić information content (AvgIpc) is 2.99. The van der Waals surface area contributed by atoms with E-state index in [2.05, 4.69) is 0 Å². The number of carboxylic acids is 1. The molecule has 2 rings (SSSR count). The molecular formula is C12H19NO4. The lowest BCUT2D eigenvalue weighted by Crippen LogP contribution is -2.39. The standard InChI is InChI=1S/C12H19NO4/c1-8-10(12(15)16)4-5-13(8)11(14)7-17-6-9-2-3-9/h8-10H,2-7H2,1H3,(H,15,16). The predicted molar refractivity (Wildman–Crippen MR) is 60.5 cm³/mol. The van der Waals surface area contributed by atoms with Crippen LogP contribution in [0.2, 0.25) is 0 Å². The molecule has 1 aliphatic carbocycles. The molecule has 0 aromatic rings. The molecule has 0 spiro atoms. The molecule has 0 aromatic carbocycles. The number of aliphatic carboxylic acids is 1. The Labute approximate surface area is 101 Å². The minimum absolute atomic E-state index is 0.0816. The van der Waals surface area contributed by atoms with Gasteiger partial charge in [0.25, 0.3) is 0 Å². The fourth-order valence-electron chi connectivity index (χ4n) is 2.30. The number of hydrogen-bond acceptors (Lipinski definition) is 3. The monoisotopic (exact) mass is 241 g/mol. The van der Waals surface area contributed by atoms with Gasteiger partial charge in [-0.2, -0.15) is 0 Å². The van der Waals surface area contributed by atoms with Crippen LogP contribution in [0.25, 0.3) is 0 Å². The molecule has 0 aromatic heterocycles. The van der Waals surface area contributed by atoms with Crippen molar-refractivity contribution in [3.05, 3.63) is 0 Å². The first-order valence-corrected chi connectivity index (χ1v) is 6.19. The quantitative estimate of drug-likeness (QED) is 0.770. The Morgan fingerprint density at radius 3 is 2.59 bits per heavy atom. The number of amides is 1. The zero-order chi connectivity index (χ0) is 12.4. The number of likely N-dealkylation sites (tertiary alicyclic amines) is 1. The van der Waals surface area contributed by atoms with E-state index in [1.54, 1.807) is 11.8 Å². The van der Waals surface area contributed by atoms with Crippen LogP contribution in [-0.4, -0.2) is 47.7 Å². The maximum atomic E-state index is 11.8. The summed E-state index contributed by atoms with van der Waals surface area (Å²) in [6.07, 6.45) is 2.95. The lowest BCUT2D eigenvalue weighted by atomic mass is 10.0. The summed E-state index contributed by atoms with van der Waals surface area (Å²) < 4.78 is 5.34. The lowest BCUT2D eigenvalue weighted by molar-refractivity contribution is -0.143. The molecular weight excluding hydrogens is 222 g/mol. The molecule has 17 heavy (non-hydrogen) atoms. The molecule has 0 bridgehead atoms. The second kappa shape index (κ2) is 5.04. The fourth-order valence-corrected chi connectivity index (χ4v) is 2.30. The maximum Gasteiger partial charge on any atom is 0.308 e. The van der Waals surface area contributed by atoms with Gasteiger partial charge in [0.15, 0.2) is 0 Å². The zero-order valence-electron chi connectivity index (χ0n) is 10.1. The van der Waals surface area contributed by atoms with Gasteiger partial charge < -0.3 is 14.7 Å². The van der Waals surface area contributed by atoms with Gasteiger partial charge in [-0.15, -0.1) is 0 Å². The van der Waals surface area contributed by atoms with E-state index in [4.69, 9.17) is 9.84 Å². The number of carbonyl (C=O) groups excluding carboxylic acids is 1. The van der Waals surface area contributed by atoms with E-state index < -0.39 is 11.9 Å². The van der Waals surface area contributed by atoms with E-state index in [-0.39, 0.29) is 18.6 Å². The van der Waals surface area contributed by atoms with Gasteiger partial charge in [0.1, 0.15) is 6.61 Å². The van der Waals surface area contributed by atoms with Crippen LogP contribution in [0.15, 0.2) is 0 Å². The summed E-state index contributed by atoms with van der Waals surface area (Å²) in [6, 6.07) is -0.218. The summed E-state index contributed by atoms with van der Waals surface area (Å²) in [6.45, 7) is 3.08. The summed E-state index contributed by atoms with van der Waals surface area (Å²) in [5, 5.41) is 8.97. The molecule has 1 saturated heterocycles. The van der Waals surface area contributed by atoms with Crippen LogP contribution in [0.4, 0.5) is 0 Å². The maximum absolute atomic E-state index is 11.8. The third-order valence-electron chi connectivity index (χ3n) is 3.67. The van der Waals surface area contributed by atoms with Gasteiger partial charge in [-0.3, -0.25) is 9.59 Å². The first kappa shape index (κ1) is 12.4. The van der Waals surface area contributed by atoms with Crippen molar-refractivity contribution < 1.29 is 19.4 Å². The van der Waals surface area contributed by atoms with Crippen molar-refractivity contribution in [1.82, 2.24) is 4.90 Å². The van der Waals surface area contributed by atoms with Crippen molar-refractivity contribution in [2.24, 2.45) is 11.8 Å². The van der Waals surface area contributed by atoms with Crippen LogP contribution < -0.4 is 0 Å². The van der Waals surface area contributed by atoms with Gasteiger partial charge in [0.05, 0.1) is 12.5 Å². The molecule has 1 aliphatic heterocycles. The summed E-state index contributed by atoms with van der Waals surface area (Å²) in [7, 11) is 0. The highest BCUT2D eigenvalue weighted by Crippen LogP contribution is 2.29. The first-order chi connectivity index (χ1) is 8.09. The van der Waals surface area contributed by atoms with Gasteiger partial charge in [-0.1, -0.05) is 0 Å². The van der Waals surface area contributed by atoms with Gasteiger partial charge in [0.2, 0.25) is 5.91 Å². The van der Waals surface area contributed by atoms with Crippen LogP contribution in [0.5, 0.6) is 0 Å². The van der Waals surface area contributed by atoms with Crippen molar-refractivity contribution in [2.75, 3.05) is 19.8 Å². The van der Waals surface area contributed by atoms with E-state index >= 15 is 0 Å². The minimum Gasteiger partial charge on any atom is -0.481 e. The number of carboxylic acid groups (broad SMARTS) is 1. The van der Waals surface area contributed by atoms with E-state index in [1.807, 2.05) is 0 Å². The molecule has 0 radical (unpaired) electrons. The molecule has 96 valence electrons. The van der Waals surface area contributed by atoms with Crippen molar-refractivity contribution in [1.29, 1.82) is 0 Å². The van der Waals surface area contributed by atoms with Crippen molar-refractivity contribution >= 4 is 11.9 Å². The van der Waals surface area contributed by atoms with Crippen LogP contribution in [-0.2, 0) is 14.3 Å². The van der Waals surface area contributed by atoms with Gasteiger partial charge in [-0.05, 0) is 32.1 Å². The van der Waals surface area contributed by atoms with Gasteiger partial charge in [-0.25, -0.2) is 0 Å². The smallest absolute Gasteiger partial charge is 0.308 e. The first-order valence-electron chi connectivity index (χ1n) is 6.19. The Kier molecular flexibility index (Phi) is 3.66. The van der Waals surface area contributed by atoms with Gasteiger partial charge in [0, 0.05) is 12.6 Å². The Bertz CT molecular complexity index is 314. The summed E-state index contributed by atoms with van der Waals surface area (Å²) >= 11 is 0. The molecule has 1 amide bonds. The van der Waals surface area contributed by atoms with E-state index in [0.29, 0.717) is 25.5 Å². The summed E-state index contributed by atoms with van der Waals surface area (Å²) in [5.41, 5.74) is 0. The Morgan fingerprint density at radius 2 is 2.06 bits per heavy atom. The summed E-state index contributed by atoms with van der Waals surface area (Å²) in [4.78, 5) is 24.4. The van der Waals surface area contributed by atoms with Crippen LogP contribution >= 0.6 is 0 Å². The second-order valence-corrected chi connectivity index (χ2v) is 5.02. The molecule has 5 heteroatoms. The molecule has 1 N–H and O–H groups in total. The molecule has 2 fully saturated rings. The van der Waals surface area contributed by atoms with Crippen molar-refractivity contribution in [2.45, 2.75) is 32.2 Å². The summed E-state index contributed by atoms with van der Waals surface area (Å²) in [5.74, 6) is -0.679. The molecule has 2 atom stereocenters. The predicted octanol–water partition coefficient (Wildman–Crippen LogP) is 0.735. The van der Waals surface area contributed by atoms with Crippen LogP contribution in [0.1, 0.15) is 26.2 Å². The normalized spacial score (nSPS) is 28.4. The van der Waals surface area contributed by atoms with E-state index in [0.717, 1.165) is 0 Å². The van der Waals surface area contributed by atoms with Crippen LogP contribution in [0.3, 0.4) is 0 Å². The number of ether oxygens (including phenoxy) is 1. The fraction of sp³-hybridized carbons (Fsp3) is 0.833. The van der Waals surface area contributed by atoms with Crippen LogP contribution in [0, 0.1) is 11.8 Å². The number of hydrogen-bond donors (Lipinski definition) is 1. The third-order valence-corrected chi connectivity index (χ3v) is 3.67. The third kappa shape index (κ3) is 2.97. The Morgan fingerprint density at radius 1 is 1.35 bits per heavy atom. The number of rotatable bonds is 5. The Balaban J connectivity index is 1.76. The number of nitrogens with zero attached hydrogens (tertiary/aromatic N) is 1. The molecule has 2 aliphatic rings. The molecule has 1 saturated carbocycles. The molecule has 2 unspecified atom stereocenters. The average molecular weight is 241 g/mol. The molecule has 1 heterocycles. The topological polar surface area (TPSA) is 66.8 Å². The largest absolute Gasteiger partial charge is 0.481 e. The molecule has 5 nitrogen and oxygen atoms in total. The van der Waals surface area contributed by atoms with Crippen molar-refractivity contribution in [3.8, 4) is 0 Å². The lowest BCUT2D eigenvalue weighted by Gasteiger charge is -2.23. The van der Waals surface area contributed by atoms with E-state index in [9.17, 15) is 9.59 Å². The van der Waals surface area contributed by atoms with Crippen molar-refractivity contribution in [3.63, 3.8) is 0 Å². The highest BCUT2D eigenvalue weighted by Gasteiger charge is 2.38. The SMILES string of the molecule is CC1C(C(=O)O)CCN1C(=O)COCC1CC1. The van der Waals surface area contributed by atoms with E-state index in [1.165, 1.54) is 12.8 Å². The zero-order valence-corrected chi connectivity index (χ0v) is 10.1.